The lowest BCUT2D eigenvalue weighted by molar-refractivity contribution is -0.138. The molecule has 9 heteroatoms. The number of methoxy groups -OCH3 is 1. The highest BCUT2D eigenvalue weighted by Gasteiger charge is 2.35. The molecule has 220 valence electrons. The number of fused-ring (bicyclic) bond motifs is 1. The molecule has 0 fully saturated rings. The summed E-state index contributed by atoms with van der Waals surface area (Å²) in [5.41, 5.74) is 4.09. The number of rotatable bonds is 7. The predicted octanol–water partition coefficient (Wildman–Crippen LogP) is 5.29. The molecule has 1 aliphatic heterocycles. The van der Waals surface area contributed by atoms with Crippen molar-refractivity contribution in [3.05, 3.63) is 144 Å². The molecule has 0 unspecified atom stereocenters. The fourth-order valence-electron chi connectivity index (χ4n) is 5.28. The topological polar surface area (TPSA) is 100 Å². The summed E-state index contributed by atoms with van der Waals surface area (Å²) < 4.78 is 18.4. The lowest BCUT2D eigenvalue weighted by atomic mass is 9.93. The first kappa shape index (κ1) is 28.8. The largest absolute Gasteiger partial charge is 0.465 e. The van der Waals surface area contributed by atoms with Crippen LogP contribution in [0.3, 0.4) is 0 Å². The molecule has 0 spiro atoms. The lowest BCUT2D eigenvalue weighted by Gasteiger charge is -2.25. The molecule has 1 atom stereocenters. The number of thiazole rings is 1. The van der Waals surface area contributed by atoms with Gasteiger partial charge in [-0.3, -0.25) is 9.36 Å². The number of furan rings is 1. The Balaban J connectivity index is 1.50. The molecule has 0 saturated heterocycles. The average Bonchev–Trinajstić information content (AvgIpc) is 3.64. The minimum atomic E-state index is -0.744. The third-order valence-corrected chi connectivity index (χ3v) is 8.29. The molecule has 8 nitrogen and oxygen atoms in total. The van der Waals surface area contributed by atoms with Crippen molar-refractivity contribution in [2.45, 2.75) is 19.9 Å². The highest BCUT2D eigenvalue weighted by molar-refractivity contribution is 7.07. The quantitative estimate of drug-likeness (QED) is 0.234. The van der Waals surface area contributed by atoms with E-state index in [0.717, 1.165) is 22.3 Å². The Labute approximate surface area is 256 Å². The predicted molar refractivity (Wildman–Crippen MR) is 168 cm³/mol. The van der Waals surface area contributed by atoms with Crippen LogP contribution < -0.4 is 14.9 Å². The number of aryl methyl sites for hydroxylation is 1. The van der Waals surface area contributed by atoms with Crippen molar-refractivity contribution in [1.29, 1.82) is 0 Å². The van der Waals surface area contributed by atoms with Gasteiger partial charge in [0.15, 0.2) is 4.80 Å². The Kier molecular flexibility index (Phi) is 7.95. The summed E-state index contributed by atoms with van der Waals surface area (Å²) in [6.07, 6.45) is 1.68. The summed E-state index contributed by atoms with van der Waals surface area (Å²) in [5.74, 6) is 0.134. The standard InChI is InChI=1S/C35H28N2O6S/c1-4-42-34(40)29-30(22-11-7-5-8-12-22)36-35-37(31(29)23-13-9-6-10-14-23)32(38)28(44-35)20-25-16-18-27(43-25)26-17-15-24(19-21(26)2)33(39)41-3/h5-20,31H,4H2,1-3H3/b28-20+/t31-/m0/s1. The van der Waals surface area contributed by atoms with E-state index in [2.05, 4.69) is 0 Å². The summed E-state index contributed by atoms with van der Waals surface area (Å²) in [5, 5.41) is 0. The van der Waals surface area contributed by atoms with Gasteiger partial charge in [-0.15, -0.1) is 0 Å². The van der Waals surface area contributed by atoms with Gasteiger partial charge in [-0.05, 0) is 49.2 Å². The zero-order valence-electron chi connectivity index (χ0n) is 24.3. The van der Waals surface area contributed by atoms with Crippen molar-refractivity contribution in [2.24, 2.45) is 4.99 Å². The molecule has 0 aliphatic carbocycles. The third kappa shape index (κ3) is 5.33. The summed E-state index contributed by atoms with van der Waals surface area (Å²) in [4.78, 5) is 44.8. The van der Waals surface area contributed by atoms with E-state index in [1.54, 1.807) is 41.8 Å². The molecule has 0 amide bonds. The Morgan fingerprint density at radius 1 is 0.977 bits per heavy atom. The van der Waals surface area contributed by atoms with E-state index in [0.29, 0.717) is 37.7 Å². The van der Waals surface area contributed by atoms with Gasteiger partial charge in [0, 0.05) is 17.2 Å². The number of benzene rings is 3. The molecular weight excluding hydrogens is 576 g/mol. The third-order valence-electron chi connectivity index (χ3n) is 7.30. The van der Waals surface area contributed by atoms with Crippen LogP contribution in [0.5, 0.6) is 0 Å². The molecule has 2 aromatic heterocycles. The van der Waals surface area contributed by atoms with Crippen LogP contribution in [-0.2, 0) is 14.3 Å². The second-order valence-corrected chi connectivity index (χ2v) is 11.1. The van der Waals surface area contributed by atoms with Crippen LogP contribution in [0.2, 0.25) is 0 Å². The van der Waals surface area contributed by atoms with Crippen LogP contribution in [0.15, 0.2) is 111 Å². The van der Waals surface area contributed by atoms with Crippen molar-refractivity contribution < 1.29 is 23.5 Å². The van der Waals surface area contributed by atoms with Gasteiger partial charge >= 0.3 is 11.9 Å². The van der Waals surface area contributed by atoms with Gasteiger partial charge in [0.1, 0.15) is 11.5 Å². The van der Waals surface area contributed by atoms with Crippen molar-refractivity contribution in [3.8, 4) is 11.3 Å². The monoisotopic (exact) mass is 604 g/mol. The summed E-state index contributed by atoms with van der Waals surface area (Å²) >= 11 is 1.23. The Hall–Kier alpha value is -5.28. The number of carbonyl (C=O) groups is 2. The van der Waals surface area contributed by atoms with Crippen molar-refractivity contribution in [1.82, 2.24) is 4.57 Å². The molecule has 0 saturated carbocycles. The minimum Gasteiger partial charge on any atom is -0.465 e. The van der Waals surface area contributed by atoms with Gasteiger partial charge in [0.05, 0.1) is 41.1 Å². The molecular formula is C35H28N2O6S. The van der Waals surface area contributed by atoms with Crippen molar-refractivity contribution >= 4 is 35.0 Å². The molecule has 0 bridgehead atoms. The zero-order valence-corrected chi connectivity index (χ0v) is 25.1. The fourth-order valence-corrected chi connectivity index (χ4v) is 6.26. The fraction of sp³-hybridized carbons (Fsp3) is 0.143. The van der Waals surface area contributed by atoms with E-state index in [-0.39, 0.29) is 12.2 Å². The SMILES string of the molecule is CCOC(=O)C1=C(c2ccccc2)N=c2s/c(=C/c3ccc(-c4ccc(C(=O)OC)cc4C)o3)c(=O)n2[C@H]1c1ccccc1. The number of carbonyl (C=O) groups excluding carboxylic acids is 2. The van der Waals surface area contributed by atoms with Crippen LogP contribution in [0, 0.1) is 6.92 Å². The van der Waals surface area contributed by atoms with Crippen LogP contribution in [0.1, 0.15) is 45.8 Å². The van der Waals surface area contributed by atoms with E-state index in [1.807, 2.05) is 73.7 Å². The Morgan fingerprint density at radius 2 is 1.70 bits per heavy atom. The van der Waals surface area contributed by atoms with Gasteiger partial charge in [-0.25, -0.2) is 14.6 Å². The smallest absolute Gasteiger partial charge is 0.338 e. The Morgan fingerprint density at radius 3 is 2.39 bits per heavy atom. The van der Waals surface area contributed by atoms with E-state index in [1.165, 1.54) is 18.4 Å². The zero-order chi connectivity index (χ0) is 30.8. The molecule has 5 aromatic rings. The molecule has 3 heterocycles. The summed E-state index contributed by atoms with van der Waals surface area (Å²) in [6, 6.07) is 27.0. The highest BCUT2D eigenvalue weighted by Crippen LogP contribution is 2.35. The molecule has 0 N–H and O–H groups in total. The van der Waals surface area contributed by atoms with E-state index < -0.39 is 18.0 Å². The maximum absolute atomic E-state index is 14.1. The Bertz CT molecular complexity index is 2090. The van der Waals surface area contributed by atoms with Crippen LogP contribution >= 0.6 is 11.3 Å². The minimum absolute atomic E-state index is 0.183. The second-order valence-electron chi connectivity index (χ2n) is 10.1. The van der Waals surface area contributed by atoms with Gasteiger partial charge in [0.25, 0.3) is 5.56 Å². The first-order valence-corrected chi connectivity index (χ1v) is 14.8. The maximum atomic E-state index is 14.1. The van der Waals surface area contributed by atoms with Gasteiger partial charge in [0.2, 0.25) is 0 Å². The average molecular weight is 605 g/mol. The first-order chi connectivity index (χ1) is 21.4. The number of hydrogen-bond acceptors (Lipinski definition) is 8. The van der Waals surface area contributed by atoms with Crippen molar-refractivity contribution in [3.63, 3.8) is 0 Å². The molecule has 6 rings (SSSR count). The van der Waals surface area contributed by atoms with Crippen LogP contribution in [-0.4, -0.2) is 30.2 Å². The van der Waals surface area contributed by atoms with Gasteiger partial charge in [-0.2, -0.15) is 0 Å². The maximum Gasteiger partial charge on any atom is 0.338 e. The van der Waals surface area contributed by atoms with Gasteiger partial charge < -0.3 is 13.9 Å². The van der Waals surface area contributed by atoms with E-state index in [4.69, 9.17) is 18.9 Å². The van der Waals surface area contributed by atoms with Crippen LogP contribution in [0.25, 0.3) is 23.1 Å². The number of nitrogens with zero attached hydrogens (tertiary/aromatic N) is 2. The molecule has 0 radical (unpaired) electrons. The molecule has 44 heavy (non-hydrogen) atoms. The highest BCUT2D eigenvalue weighted by atomic mass is 32.1. The summed E-state index contributed by atoms with van der Waals surface area (Å²) in [7, 11) is 1.34. The van der Waals surface area contributed by atoms with Crippen molar-refractivity contribution in [2.75, 3.05) is 13.7 Å². The lowest BCUT2D eigenvalue weighted by Crippen LogP contribution is -2.39. The summed E-state index contributed by atoms with van der Waals surface area (Å²) in [6.45, 7) is 3.82. The number of ether oxygens (including phenoxy) is 2. The number of esters is 2. The molecule has 3 aromatic carbocycles. The van der Waals surface area contributed by atoms with E-state index >= 15 is 0 Å². The number of hydrogen-bond donors (Lipinski definition) is 0. The van der Waals surface area contributed by atoms with Gasteiger partial charge in [-0.1, -0.05) is 78.1 Å². The first-order valence-electron chi connectivity index (χ1n) is 14.0. The normalized spacial score (nSPS) is 14.6. The second kappa shape index (κ2) is 12.1. The number of aromatic nitrogens is 1. The van der Waals surface area contributed by atoms with E-state index in [9.17, 15) is 14.4 Å². The molecule has 1 aliphatic rings. The van der Waals surface area contributed by atoms with Crippen LogP contribution in [0.4, 0.5) is 0 Å².